The van der Waals surface area contributed by atoms with E-state index in [0.29, 0.717) is 12.1 Å². The Morgan fingerprint density at radius 1 is 1.39 bits per heavy atom. The van der Waals surface area contributed by atoms with E-state index in [9.17, 15) is 9.59 Å². The fourth-order valence-corrected chi connectivity index (χ4v) is 2.55. The average Bonchev–Trinajstić information content (AvgIpc) is 2.67. The van der Waals surface area contributed by atoms with Crippen LogP contribution >= 0.6 is 11.3 Å². The molecule has 0 saturated carbocycles. The minimum Gasteiger partial charge on any atom is -0.347 e. The van der Waals surface area contributed by atoms with Gasteiger partial charge in [-0.1, -0.05) is 0 Å². The third-order valence-electron chi connectivity index (χ3n) is 2.69. The number of amides is 1. The van der Waals surface area contributed by atoms with E-state index in [1.54, 1.807) is 11.3 Å². The zero-order valence-corrected chi connectivity index (χ0v) is 11.1. The molecule has 0 radical (unpaired) electrons. The van der Waals surface area contributed by atoms with E-state index in [0.717, 1.165) is 4.88 Å². The number of rotatable bonds is 3. The van der Waals surface area contributed by atoms with Gasteiger partial charge in [-0.05, 0) is 31.5 Å². The van der Waals surface area contributed by atoms with Crippen LogP contribution in [0.2, 0.25) is 0 Å². The van der Waals surface area contributed by atoms with Gasteiger partial charge < -0.3 is 10.3 Å². The van der Waals surface area contributed by atoms with Gasteiger partial charge in [0.25, 0.3) is 5.91 Å². The molecule has 0 bridgehead atoms. The molecule has 94 valence electrons. The highest BCUT2D eigenvalue weighted by Gasteiger charge is 2.06. The molecule has 0 unspecified atom stereocenters. The summed E-state index contributed by atoms with van der Waals surface area (Å²) in [5, 5.41) is 2.82. The lowest BCUT2D eigenvalue weighted by Gasteiger charge is -2.02. The van der Waals surface area contributed by atoms with Crippen LogP contribution in [-0.4, -0.2) is 10.9 Å². The van der Waals surface area contributed by atoms with Gasteiger partial charge in [0, 0.05) is 22.0 Å². The predicted octanol–water partition coefficient (Wildman–Crippen LogP) is 1.98. The molecule has 2 heterocycles. The minimum atomic E-state index is -0.212. The van der Waals surface area contributed by atoms with E-state index in [4.69, 9.17) is 0 Å². The maximum atomic E-state index is 11.8. The van der Waals surface area contributed by atoms with E-state index in [1.165, 1.54) is 28.8 Å². The van der Waals surface area contributed by atoms with Crippen molar-refractivity contribution in [1.29, 1.82) is 0 Å². The smallest absolute Gasteiger partial charge is 0.253 e. The molecule has 0 spiro atoms. The molecular weight excluding hydrogens is 248 g/mol. The van der Waals surface area contributed by atoms with E-state index >= 15 is 0 Å². The third kappa shape index (κ3) is 2.87. The molecule has 18 heavy (non-hydrogen) atoms. The van der Waals surface area contributed by atoms with Gasteiger partial charge in [-0.15, -0.1) is 11.3 Å². The lowest BCUT2D eigenvalue weighted by Crippen LogP contribution is -2.23. The van der Waals surface area contributed by atoms with Crippen molar-refractivity contribution in [3.8, 4) is 0 Å². The molecule has 5 heteroatoms. The number of carbonyl (C=O) groups is 1. The number of aromatic nitrogens is 1. The Morgan fingerprint density at radius 3 is 2.72 bits per heavy atom. The van der Waals surface area contributed by atoms with Gasteiger partial charge in [0.15, 0.2) is 0 Å². The van der Waals surface area contributed by atoms with Gasteiger partial charge in [-0.3, -0.25) is 9.59 Å². The van der Waals surface area contributed by atoms with Gasteiger partial charge >= 0.3 is 0 Å². The maximum Gasteiger partial charge on any atom is 0.253 e. The molecular formula is C13H14N2O2S. The van der Waals surface area contributed by atoms with Crippen molar-refractivity contribution in [1.82, 2.24) is 10.3 Å². The summed E-state index contributed by atoms with van der Waals surface area (Å²) < 4.78 is 0. The van der Waals surface area contributed by atoms with Crippen LogP contribution in [0.4, 0.5) is 0 Å². The van der Waals surface area contributed by atoms with Crippen LogP contribution in [0.5, 0.6) is 0 Å². The number of hydrogen-bond donors (Lipinski definition) is 2. The van der Waals surface area contributed by atoms with E-state index in [1.807, 2.05) is 0 Å². The van der Waals surface area contributed by atoms with Crippen LogP contribution in [0, 0.1) is 13.8 Å². The summed E-state index contributed by atoms with van der Waals surface area (Å²) in [7, 11) is 0. The van der Waals surface area contributed by atoms with E-state index < -0.39 is 0 Å². The molecule has 2 rings (SSSR count). The largest absolute Gasteiger partial charge is 0.347 e. The predicted molar refractivity (Wildman–Crippen MR) is 72.0 cm³/mol. The van der Waals surface area contributed by atoms with Crippen molar-refractivity contribution in [2.24, 2.45) is 0 Å². The van der Waals surface area contributed by atoms with Crippen molar-refractivity contribution in [2.75, 3.05) is 0 Å². The van der Waals surface area contributed by atoms with Crippen molar-refractivity contribution < 1.29 is 4.79 Å². The molecule has 0 aliphatic heterocycles. The molecule has 2 aromatic rings. The Balaban J connectivity index is 2.00. The summed E-state index contributed by atoms with van der Waals surface area (Å²) >= 11 is 1.68. The van der Waals surface area contributed by atoms with Crippen LogP contribution in [-0.2, 0) is 6.54 Å². The van der Waals surface area contributed by atoms with E-state index in [2.05, 4.69) is 30.2 Å². The van der Waals surface area contributed by atoms with Crippen LogP contribution < -0.4 is 10.9 Å². The Bertz CT molecular complexity index is 588. The third-order valence-corrected chi connectivity index (χ3v) is 3.84. The van der Waals surface area contributed by atoms with Crippen LogP contribution in [0.25, 0.3) is 0 Å². The minimum absolute atomic E-state index is 0.185. The molecule has 0 atom stereocenters. The van der Waals surface area contributed by atoms with Crippen molar-refractivity contribution >= 4 is 17.2 Å². The Labute approximate surface area is 109 Å². The zero-order chi connectivity index (χ0) is 13.1. The Kier molecular flexibility index (Phi) is 3.62. The molecule has 0 aromatic carbocycles. The zero-order valence-electron chi connectivity index (χ0n) is 10.2. The fourth-order valence-electron chi connectivity index (χ4n) is 1.56. The lowest BCUT2D eigenvalue weighted by atomic mass is 10.2. The van der Waals surface area contributed by atoms with Crippen LogP contribution in [0.3, 0.4) is 0 Å². The maximum absolute atomic E-state index is 11.8. The highest BCUT2D eigenvalue weighted by Crippen LogP contribution is 2.20. The first-order chi connectivity index (χ1) is 8.56. The first kappa shape index (κ1) is 12.6. The van der Waals surface area contributed by atoms with Gasteiger partial charge in [0.1, 0.15) is 0 Å². The topological polar surface area (TPSA) is 62.0 Å². The first-order valence-corrected chi connectivity index (χ1v) is 6.41. The Hall–Kier alpha value is -1.88. The quantitative estimate of drug-likeness (QED) is 0.888. The number of carbonyl (C=O) groups excluding carboxylic acids is 1. The molecule has 0 aliphatic carbocycles. The number of H-pyrrole nitrogens is 1. The second-order valence-corrected chi connectivity index (χ2v) is 5.42. The van der Waals surface area contributed by atoms with Crippen LogP contribution in [0.15, 0.2) is 29.2 Å². The standard InChI is InChI=1S/C13H14N2O2S/c1-8-5-11(18-9(8)2)7-15-13(17)10-3-4-12(16)14-6-10/h3-6H,7H2,1-2H3,(H,14,16)(H,15,17). The number of nitrogens with one attached hydrogen (secondary N) is 2. The van der Waals surface area contributed by atoms with Gasteiger partial charge in [-0.25, -0.2) is 0 Å². The average molecular weight is 262 g/mol. The van der Waals surface area contributed by atoms with Gasteiger partial charge in [0.05, 0.1) is 12.1 Å². The summed E-state index contributed by atoms with van der Waals surface area (Å²) in [5.74, 6) is -0.185. The summed E-state index contributed by atoms with van der Waals surface area (Å²) in [4.78, 5) is 27.5. The second-order valence-electron chi connectivity index (χ2n) is 4.08. The number of hydrogen-bond acceptors (Lipinski definition) is 3. The highest BCUT2D eigenvalue weighted by atomic mass is 32.1. The van der Waals surface area contributed by atoms with Crippen molar-refractivity contribution in [3.63, 3.8) is 0 Å². The summed E-state index contributed by atoms with van der Waals surface area (Å²) in [6, 6.07) is 4.93. The monoisotopic (exact) mass is 262 g/mol. The number of aryl methyl sites for hydroxylation is 2. The number of aromatic amines is 1. The Morgan fingerprint density at radius 2 is 2.17 bits per heavy atom. The van der Waals surface area contributed by atoms with Gasteiger partial charge in [0.2, 0.25) is 5.56 Å². The fraction of sp³-hybridized carbons (Fsp3) is 0.231. The molecule has 0 saturated heterocycles. The van der Waals surface area contributed by atoms with Crippen molar-refractivity contribution in [3.05, 3.63) is 55.6 Å². The summed E-state index contributed by atoms with van der Waals surface area (Å²) in [5.41, 5.74) is 1.49. The van der Waals surface area contributed by atoms with E-state index in [-0.39, 0.29) is 11.5 Å². The number of pyridine rings is 1. The summed E-state index contributed by atoms with van der Waals surface area (Å²) in [6.45, 7) is 4.63. The van der Waals surface area contributed by atoms with Crippen LogP contribution in [0.1, 0.15) is 25.7 Å². The summed E-state index contributed by atoms with van der Waals surface area (Å²) in [6.07, 6.45) is 1.42. The molecule has 0 aliphatic rings. The molecule has 4 nitrogen and oxygen atoms in total. The second kappa shape index (κ2) is 5.18. The molecule has 1 amide bonds. The lowest BCUT2D eigenvalue weighted by molar-refractivity contribution is 0.0951. The first-order valence-electron chi connectivity index (χ1n) is 5.59. The van der Waals surface area contributed by atoms with Gasteiger partial charge in [-0.2, -0.15) is 0 Å². The molecule has 2 aromatic heterocycles. The molecule has 2 N–H and O–H groups in total. The SMILES string of the molecule is Cc1cc(CNC(=O)c2ccc(=O)[nH]c2)sc1C. The normalized spacial score (nSPS) is 10.3. The highest BCUT2D eigenvalue weighted by molar-refractivity contribution is 7.12. The number of thiophene rings is 1. The van der Waals surface area contributed by atoms with Crippen molar-refractivity contribution in [2.45, 2.75) is 20.4 Å². The molecule has 0 fully saturated rings.